The zero-order chi connectivity index (χ0) is 23.9. The number of hydrogen-bond acceptors (Lipinski definition) is 5. The van der Waals surface area contributed by atoms with Gasteiger partial charge in [-0.2, -0.15) is 0 Å². The number of esters is 2. The predicted molar refractivity (Wildman–Crippen MR) is 121 cm³/mol. The van der Waals surface area contributed by atoms with E-state index < -0.39 is 11.4 Å². The summed E-state index contributed by atoms with van der Waals surface area (Å²) in [7, 11) is 0. The number of aliphatic carboxylic acids is 1. The summed E-state index contributed by atoms with van der Waals surface area (Å²) in [6.07, 6.45) is 3.90. The van der Waals surface area contributed by atoms with Gasteiger partial charge in [-0.05, 0) is 65.4 Å². The molecule has 0 aliphatic rings. The van der Waals surface area contributed by atoms with Gasteiger partial charge in [-0.15, -0.1) is 0 Å². The Hall–Kier alpha value is -2.37. The van der Waals surface area contributed by atoms with Crippen molar-refractivity contribution in [1.29, 1.82) is 0 Å². The topological polar surface area (TPSA) is 89.9 Å². The largest absolute Gasteiger partial charge is 0.481 e. The molecule has 0 aliphatic carbocycles. The van der Waals surface area contributed by atoms with Crippen LogP contribution in [-0.2, 0) is 30.5 Å². The molecule has 0 amide bonds. The van der Waals surface area contributed by atoms with Crippen molar-refractivity contribution in [3.63, 3.8) is 0 Å². The quantitative estimate of drug-likeness (QED) is 0.330. The second-order valence-electron chi connectivity index (χ2n) is 8.88. The summed E-state index contributed by atoms with van der Waals surface area (Å²) in [6.45, 7) is 12.2. The van der Waals surface area contributed by atoms with Gasteiger partial charge in [0.25, 0.3) is 0 Å². The molecule has 0 spiro atoms. The molecule has 31 heavy (non-hydrogen) atoms. The van der Waals surface area contributed by atoms with E-state index in [1.54, 1.807) is 0 Å². The Labute approximate surface area is 187 Å². The average Bonchev–Trinajstić information content (AvgIpc) is 2.75. The van der Waals surface area contributed by atoms with Crippen molar-refractivity contribution < 1.29 is 29.0 Å². The van der Waals surface area contributed by atoms with Crippen molar-refractivity contribution in [2.75, 3.05) is 6.61 Å². The van der Waals surface area contributed by atoms with Crippen LogP contribution < -0.4 is 0 Å². The molecule has 0 saturated heterocycles. The van der Waals surface area contributed by atoms with Crippen LogP contribution in [0.3, 0.4) is 0 Å². The second-order valence-corrected chi connectivity index (χ2v) is 8.88. The van der Waals surface area contributed by atoms with Gasteiger partial charge in [-0.3, -0.25) is 14.4 Å². The van der Waals surface area contributed by atoms with E-state index in [2.05, 4.69) is 0 Å². The summed E-state index contributed by atoms with van der Waals surface area (Å²) in [4.78, 5) is 33.4. The number of carboxylic acids is 1. The van der Waals surface area contributed by atoms with Crippen molar-refractivity contribution in [3.05, 3.63) is 35.9 Å². The van der Waals surface area contributed by atoms with Crippen molar-refractivity contribution >= 4 is 17.9 Å². The third kappa shape index (κ3) is 12.8. The number of unbranched alkanes of at least 4 members (excludes halogenated alkanes) is 2. The molecule has 0 aromatic heterocycles. The van der Waals surface area contributed by atoms with Crippen molar-refractivity contribution in [2.45, 2.75) is 86.7 Å². The number of carbonyl (C=O) groups excluding carboxylic acids is 2. The minimum atomic E-state index is -0.774. The monoisotopic (exact) mass is 436 g/mol. The Bertz CT molecular complexity index is 664. The van der Waals surface area contributed by atoms with E-state index >= 15 is 0 Å². The lowest BCUT2D eigenvalue weighted by Gasteiger charge is -2.20. The van der Waals surface area contributed by atoms with Crippen LogP contribution >= 0.6 is 0 Å². The molecule has 1 rings (SSSR count). The number of rotatable bonds is 12. The molecule has 0 heterocycles. The zero-order valence-electron chi connectivity index (χ0n) is 20.0. The Morgan fingerprint density at radius 1 is 0.806 bits per heavy atom. The van der Waals surface area contributed by atoms with Gasteiger partial charge in [-0.1, -0.05) is 44.2 Å². The fraction of sp³-hybridized carbons (Fsp3) is 0.640. The van der Waals surface area contributed by atoms with Crippen LogP contribution in [0.15, 0.2) is 30.3 Å². The Morgan fingerprint density at radius 3 is 1.81 bits per heavy atom. The maximum atomic E-state index is 11.6. The molecule has 1 N–H and O–H groups in total. The van der Waals surface area contributed by atoms with Crippen LogP contribution in [0.4, 0.5) is 0 Å². The van der Waals surface area contributed by atoms with Crippen LogP contribution in [0, 0.1) is 10.8 Å². The van der Waals surface area contributed by atoms with E-state index in [0.717, 1.165) is 31.2 Å². The van der Waals surface area contributed by atoms with E-state index in [0.29, 0.717) is 19.6 Å². The van der Waals surface area contributed by atoms with Gasteiger partial charge in [-0.25, -0.2) is 0 Å². The molecule has 176 valence electrons. The van der Waals surface area contributed by atoms with Gasteiger partial charge >= 0.3 is 17.9 Å². The summed E-state index contributed by atoms with van der Waals surface area (Å²) in [6, 6.07) is 9.72. The molecule has 0 fully saturated rings. The number of carboxylic acid groups (broad SMARTS) is 1. The first-order valence-corrected chi connectivity index (χ1v) is 11.1. The van der Waals surface area contributed by atoms with Crippen LogP contribution in [-0.4, -0.2) is 29.6 Å². The first-order chi connectivity index (χ1) is 14.5. The summed E-state index contributed by atoms with van der Waals surface area (Å²) in [5.41, 5.74) is 0.230. The number of benzene rings is 1. The van der Waals surface area contributed by atoms with Crippen LogP contribution in [0.5, 0.6) is 0 Å². The lowest BCUT2D eigenvalue weighted by molar-refractivity contribution is -0.155. The van der Waals surface area contributed by atoms with Crippen LogP contribution in [0.1, 0.15) is 85.6 Å². The lowest BCUT2D eigenvalue weighted by atomic mass is 9.91. The van der Waals surface area contributed by atoms with E-state index in [9.17, 15) is 14.4 Å². The fourth-order valence-electron chi connectivity index (χ4n) is 2.12. The predicted octanol–water partition coefficient (Wildman–Crippen LogP) is 5.78. The van der Waals surface area contributed by atoms with Crippen molar-refractivity contribution in [3.8, 4) is 0 Å². The molecule has 0 unspecified atom stereocenters. The van der Waals surface area contributed by atoms with Gasteiger partial charge < -0.3 is 14.6 Å². The van der Waals surface area contributed by atoms with E-state index in [1.807, 2.05) is 71.9 Å². The number of carbonyl (C=O) groups is 3. The standard InChI is InChI=1S/C13H18O2.C12H22O4/c1-4-13(2,3)12(14)15-10-11-8-6-5-7-9-11;1-4-12(2,3)11(15)16-9-7-5-6-8-10(13)14/h5-9H,4,10H2,1-3H3;4-9H2,1-3H3,(H,13,14). The normalized spacial score (nSPS) is 11.2. The van der Waals surface area contributed by atoms with E-state index in [1.165, 1.54) is 0 Å². The minimum absolute atomic E-state index is 0.131. The molecule has 0 atom stereocenters. The molecule has 0 saturated carbocycles. The molecule has 0 aliphatic heterocycles. The van der Waals surface area contributed by atoms with Crippen LogP contribution in [0.25, 0.3) is 0 Å². The molecule has 0 radical (unpaired) electrons. The Kier molecular flexibility index (Phi) is 13.5. The maximum Gasteiger partial charge on any atom is 0.311 e. The highest BCUT2D eigenvalue weighted by Gasteiger charge is 2.27. The maximum absolute atomic E-state index is 11.6. The van der Waals surface area contributed by atoms with E-state index in [-0.39, 0.29) is 23.8 Å². The summed E-state index contributed by atoms with van der Waals surface area (Å²) < 4.78 is 10.4. The Morgan fingerprint density at radius 2 is 1.32 bits per heavy atom. The molecule has 1 aromatic carbocycles. The van der Waals surface area contributed by atoms with Gasteiger partial charge in [0, 0.05) is 6.42 Å². The third-order valence-corrected chi connectivity index (χ3v) is 5.35. The van der Waals surface area contributed by atoms with Gasteiger partial charge in [0.05, 0.1) is 17.4 Å². The van der Waals surface area contributed by atoms with Crippen molar-refractivity contribution in [2.24, 2.45) is 10.8 Å². The van der Waals surface area contributed by atoms with Gasteiger partial charge in [0.1, 0.15) is 6.61 Å². The second kappa shape index (κ2) is 14.6. The summed E-state index contributed by atoms with van der Waals surface area (Å²) >= 11 is 0. The molecule has 1 aromatic rings. The highest BCUT2D eigenvalue weighted by Crippen LogP contribution is 2.22. The molecular formula is C25H40O6. The SMILES string of the molecule is CCC(C)(C)C(=O)OCCCCCC(=O)O.CCC(C)(C)C(=O)OCc1ccccc1. The van der Waals surface area contributed by atoms with Gasteiger partial charge in [0.15, 0.2) is 0 Å². The molecule has 0 bridgehead atoms. The Balaban J connectivity index is 0.000000581. The summed E-state index contributed by atoms with van der Waals surface area (Å²) in [5, 5.41) is 8.41. The first-order valence-electron chi connectivity index (χ1n) is 11.1. The highest BCUT2D eigenvalue weighted by atomic mass is 16.5. The van der Waals surface area contributed by atoms with Gasteiger partial charge in [0.2, 0.25) is 0 Å². The molecule has 6 nitrogen and oxygen atoms in total. The lowest BCUT2D eigenvalue weighted by Crippen LogP contribution is -2.26. The molecule has 6 heteroatoms. The zero-order valence-corrected chi connectivity index (χ0v) is 20.0. The number of hydrogen-bond donors (Lipinski definition) is 1. The van der Waals surface area contributed by atoms with Crippen LogP contribution in [0.2, 0.25) is 0 Å². The molecular weight excluding hydrogens is 396 g/mol. The van der Waals surface area contributed by atoms with Crippen molar-refractivity contribution in [1.82, 2.24) is 0 Å². The average molecular weight is 437 g/mol. The number of ether oxygens (including phenoxy) is 2. The fourth-order valence-corrected chi connectivity index (χ4v) is 2.12. The highest BCUT2D eigenvalue weighted by molar-refractivity contribution is 5.76. The summed E-state index contributed by atoms with van der Waals surface area (Å²) in [5.74, 6) is -1.08. The van der Waals surface area contributed by atoms with E-state index in [4.69, 9.17) is 14.6 Å². The third-order valence-electron chi connectivity index (χ3n) is 5.35. The minimum Gasteiger partial charge on any atom is -0.481 e. The first kappa shape index (κ1) is 28.6. The smallest absolute Gasteiger partial charge is 0.311 e.